The van der Waals surface area contributed by atoms with E-state index < -0.39 is 0 Å². The standard InChI is InChI=1S/C15H12BrCl2N3/c1-21-12-5-3-2-4-10(12)20-13(21)8-19-11-7-6-9(16)14(17)15(11)18/h2-7,19H,8H2,1H3. The average molecular weight is 385 g/mol. The Kier molecular flexibility index (Phi) is 4.11. The molecule has 3 nitrogen and oxygen atoms in total. The lowest BCUT2D eigenvalue weighted by Gasteiger charge is -2.10. The van der Waals surface area contributed by atoms with Crippen molar-refractivity contribution in [2.75, 3.05) is 5.32 Å². The van der Waals surface area contributed by atoms with Crippen LogP contribution in [0.1, 0.15) is 5.82 Å². The predicted octanol–water partition coefficient (Wildman–Crippen LogP) is 5.25. The van der Waals surface area contributed by atoms with Crippen LogP contribution in [0.15, 0.2) is 40.9 Å². The van der Waals surface area contributed by atoms with Gasteiger partial charge in [0.25, 0.3) is 0 Å². The van der Waals surface area contributed by atoms with E-state index in [1.54, 1.807) is 0 Å². The molecule has 0 spiro atoms. The smallest absolute Gasteiger partial charge is 0.128 e. The molecule has 6 heteroatoms. The average Bonchev–Trinajstić information content (AvgIpc) is 2.81. The first-order valence-electron chi connectivity index (χ1n) is 6.35. The van der Waals surface area contributed by atoms with Crippen LogP contribution in [0, 0.1) is 0 Å². The van der Waals surface area contributed by atoms with Crippen LogP contribution < -0.4 is 5.32 Å². The number of halogens is 3. The molecule has 3 aromatic rings. The van der Waals surface area contributed by atoms with Crippen LogP contribution >= 0.6 is 39.1 Å². The Labute approximate surface area is 141 Å². The molecule has 0 saturated heterocycles. The fourth-order valence-electron chi connectivity index (χ4n) is 2.19. The molecule has 0 atom stereocenters. The Balaban J connectivity index is 1.87. The minimum absolute atomic E-state index is 0.504. The maximum atomic E-state index is 6.23. The second kappa shape index (κ2) is 5.87. The second-order valence-electron chi connectivity index (χ2n) is 4.65. The number of rotatable bonds is 3. The van der Waals surface area contributed by atoms with Gasteiger partial charge < -0.3 is 9.88 Å². The Morgan fingerprint density at radius 2 is 1.90 bits per heavy atom. The lowest BCUT2D eigenvalue weighted by Crippen LogP contribution is -2.06. The molecule has 0 aliphatic carbocycles. The largest absolute Gasteiger partial charge is 0.377 e. The molecule has 0 saturated carbocycles. The topological polar surface area (TPSA) is 29.9 Å². The number of hydrogen-bond acceptors (Lipinski definition) is 2. The van der Waals surface area contributed by atoms with Gasteiger partial charge in [-0.15, -0.1) is 0 Å². The van der Waals surface area contributed by atoms with Crippen molar-refractivity contribution in [1.82, 2.24) is 9.55 Å². The van der Waals surface area contributed by atoms with Crippen LogP contribution in [0.5, 0.6) is 0 Å². The van der Waals surface area contributed by atoms with E-state index in [1.807, 2.05) is 37.4 Å². The lowest BCUT2D eigenvalue weighted by atomic mass is 10.3. The Bertz CT molecular complexity index is 814. The van der Waals surface area contributed by atoms with E-state index in [9.17, 15) is 0 Å². The van der Waals surface area contributed by atoms with Crippen molar-refractivity contribution in [1.29, 1.82) is 0 Å². The van der Waals surface area contributed by atoms with E-state index in [0.717, 1.165) is 27.0 Å². The van der Waals surface area contributed by atoms with Crippen LogP contribution in [-0.2, 0) is 13.6 Å². The number of aromatic nitrogens is 2. The number of benzene rings is 2. The molecule has 1 N–H and O–H groups in total. The number of anilines is 1. The summed E-state index contributed by atoms with van der Waals surface area (Å²) in [7, 11) is 2.00. The van der Waals surface area contributed by atoms with E-state index in [0.29, 0.717) is 16.6 Å². The maximum Gasteiger partial charge on any atom is 0.128 e. The maximum absolute atomic E-state index is 6.23. The van der Waals surface area contributed by atoms with E-state index in [2.05, 4.69) is 36.9 Å². The van der Waals surface area contributed by atoms with Crippen LogP contribution in [0.2, 0.25) is 10.0 Å². The van der Waals surface area contributed by atoms with Crippen LogP contribution in [-0.4, -0.2) is 9.55 Å². The minimum atomic E-state index is 0.504. The Morgan fingerprint density at radius 1 is 1.14 bits per heavy atom. The van der Waals surface area contributed by atoms with Crippen LogP contribution in [0.4, 0.5) is 5.69 Å². The molecule has 0 amide bonds. The molecule has 0 bridgehead atoms. The summed E-state index contributed by atoms with van der Waals surface area (Å²) in [5, 5.41) is 4.29. The number of hydrogen-bond donors (Lipinski definition) is 1. The third-order valence-corrected chi connectivity index (χ3v) is 5.12. The monoisotopic (exact) mass is 383 g/mol. The van der Waals surface area contributed by atoms with Crippen LogP contribution in [0.3, 0.4) is 0 Å². The van der Waals surface area contributed by atoms with Gasteiger partial charge in [-0.2, -0.15) is 0 Å². The molecular weight excluding hydrogens is 373 g/mol. The molecule has 1 aromatic heterocycles. The van der Waals surface area contributed by atoms with E-state index in [-0.39, 0.29) is 0 Å². The number of nitrogens with one attached hydrogen (secondary N) is 1. The summed E-state index contributed by atoms with van der Waals surface area (Å²) < 4.78 is 2.85. The normalized spacial score (nSPS) is 11.0. The first-order chi connectivity index (χ1) is 10.1. The van der Waals surface area contributed by atoms with Crippen molar-refractivity contribution in [3.05, 3.63) is 56.7 Å². The first-order valence-corrected chi connectivity index (χ1v) is 7.90. The fraction of sp³-hybridized carbons (Fsp3) is 0.133. The highest BCUT2D eigenvalue weighted by Crippen LogP contribution is 2.36. The summed E-state index contributed by atoms with van der Waals surface area (Å²) in [5.74, 6) is 0.936. The molecule has 1 heterocycles. The van der Waals surface area contributed by atoms with Gasteiger partial charge in [0.05, 0.1) is 33.3 Å². The summed E-state index contributed by atoms with van der Waals surface area (Å²) in [6.45, 7) is 0.572. The summed E-state index contributed by atoms with van der Waals surface area (Å²) in [6, 6.07) is 11.8. The molecular formula is C15H12BrCl2N3. The van der Waals surface area contributed by atoms with Gasteiger partial charge in [-0.3, -0.25) is 0 Å². The highest BCUT2D eigenvalue weighted by atomic mass is 79.9. The van der Waals surface area contributed by atoms with E-state index in [4.69, 9.17) is 23.2 Å². The zero-order valence-electron chi connectivity index (χ0n) is 11.2. The third kappa shape index (κ3) is 2.76. The van der Waals surface area contributed by atoms with E-state index >= 15 is 0 Å². The minimum Gasteiger partial charge on any atom is -0.377 e. The lowest BCUT2D eigenvalue weighted by molar-refractivity contribution is 0.834. The molecule has 108 valence electrons. The van der Waals surface area contributed by atoms with Crippen LogP contribution in [0.25, 0.3) is 11.0 Å². The van der Waals surface area contributed by atoms with Gasteiger partial charge in [-0.1, -0.05) is 35.3 Å². The van der Waals surface area contributed by atoms with Gasteiger partial charge in [0.2, 0.25) is 0 Å². The van der Waals surface area contributed by atoms with Crippen molar-refractivity contribution < 1.29 is 0 Å². The molecule has 21 heavy (non-hydrogen) atoms. The molecule has 0 unspecified atom stereocenters. The highest BCUT2D eigenvalue weighted by molar-refractivity contribution is 9.10. The summed E-state index contributed by atoms with van der Waals surface area (Å²) in [6.07, 6.45) is 0. The number of aryl methyl sites for hydroxylation is 1. The number of fused-ring (bicyclic) bond motifs is 1. The van der Waals surface area contributed by atoms with Gasteiger partial charge >= 0.3 is 0 Å². The zero-order valence-corrected chi connectivity index (χ0v) is 14.3. The van der Waals surface area contributed by atoms with Crippen molar-refractivity contribution in [3.8, 4) is 0 Å². The van der Waals surface area contributed by atoms with Gasteiger partial charge in [0.15, 0.2) is 0 Å². The Morgan fingerprint density at radius 3 is 2.67 bits per heavy atom. The van der Waals surface area contributed by atoms with Gasteiger partial charge in [0.1, 0.15) is 5.82 Å². The van der Waals surface area contributed by atoms with Crippen molar-refractivity contribution >= 4 is 55.9 Å². The summed E-state index contributed by atoms with van der Waals surface area (Å²) in [4.78, 5) is 4.61. The molecule has 0 aliphatic heterocycles. The molecule has 2 aromatic carbocycles. The zero-order chi connectivity index (χ0) is 15.0. The van der Waals surface area contributed by atoms with Gasteiger partial charge in [0, 0.05) is 11.5 Å². The first kappa shape index (κ1) is 14.7. The highest BCUT2D eigenvalue weighted by Gasteiger charge is 2.10. The quantitative estimate of drug-likeness (QED) is 0.624. The summed E-state index contributed by atoms with van der Waals surface area (Å²) in [5.41, 5.74) is 2.88. The third-order valence-electron chi connectivity index (χ3n) is 3.35. The molecule has 3 rings (SSSR count). The number of imidazole rings is 1. The van der Waals surface area contributed by atoms with Gasteiger partial charge in [-0.05, 0) is 40.2 Å². The molecule has 0 aliphatic rings. The number of para-hydroxylation sites is 2. The second-order valence-corrected chi connectivity index (χ2v) is 6.26. The molecule has 0 fully saturated rings. The number of nitrogens with zero attached hydrogens (tertiary/aromatic N) is 2. The Hall–Kier alpha value is -1.23. The van der Waals surface area contributed by atoms with Gasteiger partial charge in [-0.25, -0.2) is 4.98 Å². The predicted molar refractivity (Wildman–Crippen MR) is 92.2 cm³/mol. The van der Waals surface area contributed by atoms with Crippen molar-refractivity contribution in [2.24, 2.45) is 7.05 Å². The molecule has 0 radical (unpaired) electrons. The SMILES string of the molecule is Cn1c(CNc2ccc(Br)c(Cl)c2Cl)nc2ccccc21. The van der Waals surface area contributed by atoms with E-state index in [1.165, 1.54) is 0 Å². The van der Waals surface area contributed by atoms with Crippen molar-refractivity contribution in [2.45, 2.75) is 6.54 Å². The van der Waals surface area contributed by atoms with Crippen molar-refractivity contribution in [3.63, 3.8) is 0 Å². The summed E-state index contributed by atoms with van der Waals surface area (Å²) >= 11 is 15.7. The fourth-order valence-corrected chi connectivity index (χ4v) is 3.03.